The third-order valence-electron chi connectivity index (χ3n) is 4.79. The zero-order valence-corrected chi connectivity index (χ0v) is 22.5. The Morgan fingerprint density at radius 2 is 1.65 bits per heavy atom. The van der Waals surface area contributed by atoms with Gasteiger partial charge in [-0.15, -0.1) is 24.8 Å². The summed E-state index contributed by atoms with van der Waals surface area (Å²) in [4.78, 5) is 0. The maximum atomic E-state index is 7.01. The first kappa shape index (κ1) is 26.4. The first-order valence-electron chi connectivity index (χ1n) is 8.73. The van der Waals surface area contributed by atoms with Crippen LogP contribution >= 0.6 is 24.8 Å². The summed E-state index contributed by atoms with van der Waals surface area (Å²) in [5.74, 6) is 0. The number of halogens is 2. The molecule has 0 radical (unpaired) electrons. The van der Waals surface area contributed by atoms with Gasteiger partial charge in [-0.05, 0) is 0 Å². The van der Waals surface area contributed by atoms with E-state index in [-0.39, 0.29) is 34.0 Å². The molecule has 0 bridgehead atoms. The molecule has 0 saturated carbocycles. The quantitative estimate of drug-likeness (QED) is 0.508. The fourth-order valence-corrected chi connectivity index (χ4v) is 34.7. The van der Waals surface area contributed by atoms with E-state index in [1.54, 1.807) is 7.11 Å². The molecule has 0 heterocycles. The van der Waals surface area contributed by atoms with Crippen molar-refractivity contribution in [2.75, 3.05) is 7.11 Å². The average molecular weight is 501 g/mol. The Labute approximate surface area is 171 Å². The summed E-state index contributed by atoms with van der Waals surface area (Å²) >= 11 is -5.11. The van der Waals surface area contributed by atoms with Crippen molar-refractivity contribution in [1.82, 2.24) is 3.26 Å². The van der Waals surface area contributed by atoms with Crippen LogP contribution in [0.15, 0.2) is 30.3 Å². The number of rotatable bonds is 5. The van der Waals surface area contributed by atoms with Gasteiger partial charge in [-0.25, -0.2) is 0 Å². The zero-order chi connectivity index (χ0) is 18.5. The zero-order valence-electron chi connectivity index (χ0n) is 17.4. The summed E-state index contributed by atoms with van der Waals surface area (Å²) < 4.78 is 24.3. The number of allylic oxidation sites excluding steroid dienone is 1. The molecule has 2 rings (SSSR count). The second-order valence-corrected chi connectivity index (χ2v) is 31.9. The Hall–Kier alpha value is 0.390. The molecule has 7 heteroatoms. The number of nitrogens with one attached hydrogen (secondary N) is 1. The van der Waals surface area contributed by atoms with Gasteiger partial charge in [0.2, 0.25) is 0 Å². The van der Waals surface area contributed by atoms with Crippen LogP contribution in [0.25, 0.3) is 6.08 Å². The normalized spacial score (nSPS) is 19.6. The topological polar surface area (TPSA) is 30.5 Å². The van der Waals surface area contributed by atoms with Crippen molar-refractivity contribution in [2.45, 2.75) is 54.2 Å². The van der Waals surface area contributed by atoms with Crippen molar-refractivity contribution in [3.63, 3.8) is 0 Å². The van der Waals surface area contributed by atoms with Crippen molar-refractivity contribution < 1.29 is 23.3 Å². The molecule has 151 valence electrons. The summed E-state index contributed by atoms with van der Waals surface area (Å²) in [7, 11) is -0.165. The van der Waals surface area contributed by atoms with Gasteiger partial charge in [0, 0.05) is 0 Å². The van der Waals surface area contributed by atoms with E-state index >= 15 is 0 Å². The van der Waals surface area contributed by atoms with Crippen LogP contribution in [-0.4, -0.2) is 25.2 Å². The summed E-state index contributed by atoms with van der Waals surface area (Å²) in [6, 6.07) is 8.49. The van der Waals surface area contributed by atoms with E-state index in [2.05, 4.69) is 84.7 Å². The number of fused-ring (bicyclic) bond motifs is 1. The van der Waals surface area contributed by atoms with Crippen molar-refractivity contribution in [1.29, 1.82) is 0 Å². The molecule has 1 N–H and O–H groups in total. The number of hydrogen-bond acceptors (Lipinski definition) is 3. The van der Waals surface area contributed by atoms with Crippen molar-refractivity contribution in [3.8, 4) is 0 Å². The average Bonchev–Trinajstić information content (AvgIpc) is 2.79. The molecule has 0 aromatic heterocycles. The molecule has 1 aliphatic carbocycles. The SMILES string of the molecule is Cl.Cl.[CH2]=[Zr]([CH3])([NH]C(C)(C)C)([O]C)([O][Si](C)(C)C)[CH]1C=Cc2ccccc21. The van der Waals surface area contributed by atoms with Gasteiger partial charge < -0.3 is 0 Å². The van der Waals surface area contributed by atoms with Gasteiger partial charge in [0.05, 0.1) is 0 Å². The van der Waals surface area contributed by atoms with Crippen LogP contribution < -0.4 is 3.26 Å². The standard InChI is InChI=1S/C9H7.C4H10N.C3H9OSi.CH3O.CH3.CH2.2ClH.Zr/c1-2-5-9-7-3-6-8(9)4-1;1-4(2,3)5;1-5(2,3)4;1-2;;;;;/h1-7H;5H,1-3H3;1-3H3;1H3;1H3;1H2;2*1H;/q;3*-1;;;;;+3. The Morgan fingerprint density at radius 3 is 2.12 bits per heavy atom. The van der Waals surface area contributed by atoms with Gasteiger partial charge in [0.1, 0.15) is 0 Å². The molecule has 3 nitrogen and oxygen atoms in total. The minimum atomic E-state index is -5.11. The second kappa shape index (κ2) is 7.33. The van der Waals surface area contributed by atoms with E-state index in [1.165, 1.54) is 11.1 Å². The Morgan fingerprint density at radius 1 is 1.12 bits per heavy atom. The minimum absolute atomic E-state index is 0. The van der Waals surface area contributed by atoms with E-state index in [9.17, 15) is 0 Å². The maximum absolute atomic E-state index is 7.01. The second-order valence-electron chi connectivity index (χ2n) is 9.90. The van der Waals surface area contributed by atoms with Gasteiger partial charge >= 0.3 is 148 Å². The van der Waals surface area contributed by atoms with Crippen LogP contribution in [0.2, 0.25) is 24.3 Å². The van der Waals surface area contributed by atoms with Crippen molar-refractivity contribution >= 4 is 43.4 Å². The molecule has 26 heavy (non-hydrogen) atoms. The fraction of sp³-hybridized carbons (Fsp3) is 0.526. The van der Waals surface area contributed by atoms with Crippen LogP contribution in [0.4, 0.5) is 0 Å². The fourth-order valence-electron chi connectivity index (χ4n) is 4.54. The molecule has 1 aromatic carbocycles. The molecule has 0 amide bonds. The van der Waals surface area contributed by atoms with Gasteiger partial charge in [-0.3, -0.25) is 0 Å². The predicted molar refractivity (Wildman–Crippen MR) is 120 cm³/mol. The van der Waals surface area contributed by atoms with E-state index in [0.717, 1.165) is 0 Å². The monoisotopic (exact) mass is 498 g/mol. The van der Waals surface area contributed by atoms with E-state index in [0.29, 0.717) is 0 Å². The van der Waals surface area contributed by atoms with Crippen LogP contribution in [0.5, 0.6) is 0 Å². The van der Waals surface area contributed by atoms with Crippen molar-refractivity contribution in [3.05, 3.63) is 41.5 Å². The third-order valence-corrected chi connectivity index (χ3v) is 28.2. The van der Waals surface area contributed by atoms with Gasteiger partial charge in [0.15, 0.2) is 0 Å². The van der Waals surface area contributed by atoms with Gasteiger partial charge in [0.25, 0.3) is 0 Å². The van der Waals surface area contributed by atoms with Gasteiger partial charge in [-0.1, -0.05) is 0 Å². The molecule has 1 aliphatic rings. The first-order chi connectivity index (χ1) is 10.6. The summed E-state index contributed by atoms with van der Waals surface area (Å²) in [6.45, 7) is 13.1. The summed E-state index contributed by atoms with van der Waals surface area (Å²) in [6.07, 6.45) is 4.41. The molecule has 0 aliphatic heterocycles. The third kappa shape index (κ3) is 5.05. The summed E-state index contributed by atoms with van der Waals surface area (Å²) in [5.41, 5.74) is 2.32. The molecule has 1 aromatic rings. The van der Waals surface area contributed by atoms with E-state index in [1.807, 2.05) is 0 Å². The number of benzene rings is 1. The molecule has 1 unspecified atom stereocenters. The van der Waals surface area contributed by atoms with Crippen LogP contribution in [-0.2, 0) is 23.3 Å². The molecule has 0 spiro atoms. The molecule has 1 atom stereocenters. The van der Waals surface area contributed by atoms with Crippen molar-refractivity contribution in [2.24, 2.45) is 0 Å². The molecular weight excluding hydrogens is 464 g/mol. The Bertz CT molecular complexity index is 758. The van der Waals surface area contributed by atoms with Crippen LogP contribution in [0.3, 0.4) is 0 Å². The van der Waals surface area contributed by atoms with Crippen LogP contribution in [0, 0.1) is 0 Å². The molecule has 0 fully saturated rings. The molecule has 0 saturated heterocycles. The van der Waals surface area contributed by atoms with E-state index in [4.69, 9.17) is 9.53 Å². The Kier molecular flexibility index (Phi) is 7.44. The van der Waals surface area contributed by atoms with Crippen LogP contribution in [0.1, 0.15) is 35.5 Å². The summed E-state index contributed by atoms with van der Waals surface area (Å²) in [5, 5.41) is 0. The number of hydrogen-bond donors (Lipinski definition) is 1. The Balaban J connectivity index is 0.00000312. The van der Waals surface area contributed by atoms with Gasteiger partial charge in [-0.2, -0.15) is 0 Å². The van der Waals surface area contributed by atoms with E-state index < -0.39 is 26.3 Å². The molecular formula is C19H36Cl2NO2SiZr. The predicted octanol–water partition coefficient (Wildman–Crippen LogP) is 5.93. The first-order valence-corrected chi connectivity index (χ1v) is 21.0.